The van der Waals surface area contributed by atoms with Gasteiger partial charge >= 0.3 is 21.6 Å². The topological polar surface area (TPSA) is 82.6 Å². The van der Waals surface area contributed by atoms with Crippen LogP contribution >= 0.6 is 0 Å². The van der Waals surface area contributed by atoms with Crippen LogP contribution in [0.2, 0.25) is 0 Å². The highest BCUT2D eigenvalue weighted by Gasteiger charge is 2.49. The van der Waals surface area contributed by atoms with Gasteiger partial charge < -0.3 is 8.92 Å². The summed E-state index contributed by atoms with van der Waals surface area (Å²) in [6.07, 6.45) is 0. The summed E-state index contributed by atoms with van der Waals surface area (Å²) < 4.78 is 109. The Labute approximate surface area is 147 Å². The Bertz CT molecular complexity index is 1010. The van der Waals surface area contributed by atoms with E-state index in [1.165, 1.54) is 0 Å². The second-order valence-corrected chi connectivity index (χ2v) is 6.27. The number of pyridine rings is 1. The Balaban J connectivity index is 2.65. The van der Waals surface area contributed by atoms with Gasteiger partial charge in [-0.2, -0.15) is 21.6 Å². The molecular formula is C14H7F6NO5S. The smallest absolute Gasteiger partial charge is 0.464 e. The normalized spacial score (nSPS) is 12.0. The van der Waals surface area contributed by atoms with Gasteiger partial charge in [0.2, 0.25) is 0 Å². The predicted octanol–water partition coefficient (Wildman–Crippen LogP) is 3.18. The first kappa shape index (κ1) is 20.5. The molecule has 0 unspecified atom stereocenters. The van der Waals surface area contributed by atoms with Crippen LogP contribution in [0.3, 0.4) is 0 Å². The molecule has 0 saturated carbocycles. The SMILES string of the molecule is COC(=O)c1ccc(F)c(-c2c(F)ccc(OS(=O)(=O)C(F)(F)F)c2F)n1. The van der Waals surface area contributed by atoms with Crippen LogP contribution in [-0.4, -0.2) is 32.0 Å². The molecular weight excluding hydrogens is 408 g/mol. The standard InChI is InChI=1S/C14H7F6NO5S/c1-25-13(22)8-4-2-7(16)12(21-8)10-6(15)3-5-9(11(10)17)26-27(23,24)14(18,19)20/h2-5H,1H3. The maximum absolute atomic E-state index is 14.4. The maximum Gasteiger partial charge on any atom is 0.534 e. The largest absolute Gasteiger partial charge is 0.534 e. The number of nitrogens with zero attached hydrogens (tertiary/aromatic N) is 1. The molecule has 0 aliphatic carbocycles. The first-order valence-corrected chi connectivity index (χ1v) is 8.04. The van der Waals surface area contributed by atoms with Crippen molar-refractivity contribution in [2.75, 3.05) is 7.11 Å². The molecule has 13 heteroatoms. The molecule has 6 nitrogen and oxygen atoms in total. The number of hydrogen-bond acceptors (Lipinski definition) is 6. The van der Waals surface area contributed by atoms with Gasteiger partial charge in [0.15, 0.2) is 11.6 Å². The second-order valence-electron chi connectivity index (χ2n) is 4.74. The van der Waals surface area contributed by atoms with Gasteiger partial charge in [-0.25, -0.2) is 22.9 Å². The van der Waals surface area contributed by atoms with Crippen LogP contribution in [0, 0.1) is 17.5 Å². The molecule has 2 rings (SSSR count). The second kappa shape index (κ2) is 7.06. The number of hydrogen-bond donors (Lipinski definition) is 0. The van der Waals surface area contributed by atoms with Crippen molar-refractivity contribution in [1.82, 2.24) is 4.98 Å². The third-order valence-electron chi connectivity index (χ3n) is 3.02. The number of carbonyl (C=O) groups is 1. The van der Waals surface area contributed by atoms with Crippen LogP contribution in [0.15, 0.2) is 24.3 Å². The fraction of sp³-hybridized carbons (Fsp3) is 0.143. The number of carbonyl (C=O) groups excluding carboxylic acids is 1. The van der Waals surface area contributed by atoms with Gasteiger partial charge in [-0.05, 0) is 24.3 Å². The molecule has 0 fully saturated rings. The van der Waals surface area contributed by atoms with E-state index in [9.17, 15) is 39.6 Å². The molecule has 1 aromatic carbocycles. The molecule has 0 aliphatic rings. The van der Waals surface area contributed by atoms with Crippen LogP contribution < -0.4 is 4.18 Å². The fourth-order valence-corrected chi connectivity index (χ4v) is 2.28. The van der Waals surface area contributed by atoms with Crippen LogP contribution in [0.1, 0.15) is 10.5 Å². The quantitative estimate of drug-likeness (QED) is 0.330. The van der Waals surface area contributed by atoms with Crippen molar-refractivity contribution < 1.29 is 48.5 Å². The summed E-state index contributed by atoms with van der Waals surface area (Å²) >= 11 is 0. The van der Waals surface area contributed by atoms with E-state index < -0.39 is 61.7 Å². The van der Waals surface area contributed by atoms with Gasteiger partial charge in [0.1, 0.15) is 23.0 Å². The van der Waals surface area contributed by atoms with Crippen molar-refractivity contribution in [2.24, 2.45) is 0 Å². The Kier molecular flexibility index (Phi) is 5.35. The number of esters is 1. The number of methoxy groups -OCH3 is 1. The van der Waals surface area contributed by atoms with Crippen molar-refractivity contribution in [2.45, 2.75) is 5.51 Å². The van der Waals surface area contributed by atoms with Gasteiger partial charge in [0.05, 0.1) is 12.7 Å². The minimum atomic E-state index is -6.27. The van der Waals surface area contributed by atoms with E-state index >= 15 is 0 Å². The van der Waals surface area contributed by atoms with Crippen molar-refractivity contribution in [3.05, 3.63) is 47.4 Å². The van der Waals surface area contributed by atoms with E-state index in [2.05, 4.69) is 13.9 Å². The molecule has 1 aromatic heterocycles. The zero-order valence-corrected chi connectivity index (χ0v) is 13.8. The highest BCUT2D eigenvalue weighted by molar-refractivity contribution is 7.88. The van der Waals surface area contributed by atoms with Gasteiger partial charge in [-0.1, -0.05) is 0 Å². The predicted molar refractivity (Wildman–Crippen MR) is 76.5 cm³/mol. The molecule has 27 heavy (non-hydrogen) atoms. The molecule has 146 valence electrons. The molecule has 2 aromatic rings. The first-order chi connectivity index (χ1) is 12.4. The molecule has 0 spiro atoms. The summed E-state index contributed by atoms with van der Waals surface area (Å²) in [5.41, 5.74) is -8.90. The molecule has 0 radical (unpaired) electrons. The maximum atomic E-state index is 14.4. The summed E-state index contributed by atoms with van der Waals surface area (Å²) in [7, 11) is -5.32. The van der Waals surface area contributed by atoms with Crippen LogP contribution in [0.5, 0.6) is 5.75 Å². The van der Waals surface area contributed by atoms with E-state index in [1.807, 2.05) is 0 Å². The molecule has 0 bridgehead atoms. The van der Waals surface area contributed by atoms with Crippen molar-refractivity contribution in [1.29, 1.82) is 0 Å². The van der Waals surface area contributed by atoms with Crippen molar-refractivity contribution in [3.63, 3.8) is 0 Å². The Morgan fingerprint density at radius 1 is 1.04 bits per heavy atom. The minimum absolute atomic E-state index is 0.263. The van der Waals surface area contributed by atoms with E-state index in [0.717, 1.165) is 13.2 Å². The Morgan fingerprint density at radius 3 is 2.19 bits per heavy atom. The van der Waals surface area contributed by atoms with E-state index in [0.29, 0.717) is 12.1 Å². The van der Waals surface area contributed by atoms with E-state index in [4.69, 9.17) is 0 Å². The van der Waals surface area contributed by atoms with Gasteiger partial charge in [-0.3, -0.25) is 0 Å². The molecule has 0 N–H and O–H groups in total. The molecule has 0 atom stereocenters. The summed E-state index contributed by atoms with van der Waals surface area (Å²) in [5, 5.41) is 0. The average molecular weight is 415 g/mol. The van der Waals surface area contributed by atoms with E-state index in [-0.39, 0.29) is 6.07 Å². The van der Waals surface area contributed by atoms with E-state index in [1.54, 1.807) is 0 Å². The van der Waals surface area contributed by atoms with Crippen LogP contribution in [0.4, 0.5) is 26.3 Å². The summed E-state index contributed by atoms with van der Waals surface area (Å²) in [5.74, 6) is -7.47. The Morgan fingerprint density at radius 2 is 1.63 bits per heavy atom. The molecule has 0 amide bonds. The molecule has 0 aliphatic heterocycles. The number of ether oxygens (including phenoxy) is 1. The zero-order valence-electron chi connectivity index (χ0n) is 13.0. The lowest BCUT2D eigenvalue weighted by atomic mass is 10.1. The fourth-order valence-electron chi connectivity index (χ4n) is 1.82. The number of benzene rings is 1. The summed E-state index contributed by atoms with van der Waals surface area (Å²) in [6, 6.07) is 2.04. The molecule has 1 heterocycles. The summed E-state index contributed by atoms with van der Waals surface area (Å²) in [4.78, 5) is 14.8. The number of alkyl halides is 3. The minimum Gasteiger partial charge on any atom is -0.464 e. The zero-order chi connectivity index (χ0) is 20.6. The van der Waals surface area contributed by atoms with Crippen LogP contribution in [0.25, 0.3) is 11.3 Å². The van der Waals surface area contributed by atoms with Crippen molar-refractivity contribution >= 4 is 16.1 Å². The van der Waals surface area contributed by atoms with Crippen LogP contribution in [-0.2, 0) is 14.9 Å². The van der Waals surface area contributed by atoms with Gasteiger partial charge in [-0.15, -0.1) is 0 Å². The van der Waals surface area contributed by atoms with Gasteiger partial charge in [0, 0.05) is 0 Å². The third-order valence-corrected chi connectivity index (χ3v) is 3.98. The average Bonchev–Trinajstić information content (AvgIpc) is 2.57. The highest BCUT2D eigenvalue weighted by atomic mass is 32.2. The first-order valence-electron chi connectivity index (χ1n) is 6.63. The monoisotopic (exact) mass is 415 g/mol. The van der Waals surface area contributed by atoms with Gasteiger partial charge in [0.25, 0.3) is 0 Å². The third kappa shape index (κ3) is 3.97. The van der Waals surface area contributed by atoms with Crippen molar-refractivity contribution in [3.8, 4) is 17.0 Å². The highest BCUT2D eigenvalue weighted by Crippen LogP contribution is 2.35. The molecule has 0 saturated heterocycles. The Hall–Kier alpha value is -2.83. The number of aromatic nitrogens is 1. The number of rotatable bonds is 4. The lowest BCUT2D eigenvalue weighted by Gasteiger charge is -2.13. The summed E-state index contributed by atoms with van der Waals surface area (Å²) in [6.45, 7) is 0. The lowest BCUT2D eigenvalue weighted by Crippen LogP contribution is -2.28. The number of halogens is 6. The lowest BCUT2D eigenvalue weighted by molar-refractivity contribution is -0.0500.